The van der Waals surface area contributed by atoms with Gasteiger partial charge in [0.15, 0.2) is 0 Å². The van der Waals surface area contributed by atoms with Crippen molar-refractivity contribution in [2.24, 2.45) is 0 Å². The summed E-state index contributed by atoms with van der Waals surface area (Å²) < 4.78 is 12.1. The van der Waals surface area contributed by atoms with Crippen molar-refractivity contribution in [3.63, 3.8) is 0 Å². The second-order valence-corrected chi connectivity index (χ2v) is 9.80. The van der Waals surface area contributed by atoms with Gasteiger partial charge in [0.1, 0.15) is 17.6 Å². The highest BCUT2D eigenvalue weighted by molar-refractivity contribution is 5.97. The molecule has 0 aromatic heterocycles. The highest BCUT2D eigenvalue weighted by Gasteiger charge is 2.39. The van der Waals surface area contributed by atoms with Crippen LogP contribution in [-0.4, -0.2) is 77.0 Å². The van der Waals surface area contributed by atoms with Gasteiger partial charge in [-0.1, -0.05) is 30.3 Å². The van der Waals surface area contributed by atoms with Gasteiger partial charge in [0.25, 0.3) is 5.91 Å². The molecule has 2 amide bonds. The minimum atomic E-state index is -0.643. The van der Waals surface area contributed by atoms with E-state index in [2.05, 4.69) is 10.6 Å². The Labute approximate surface area is 210 Å². The zero-order valence-electron chi connectivity index (χ0n) is 20.1. The topological polar surface area (TPSA) is 120 Å². The van der Waals surface area contributed by atoms with E-state index in [4.69, 9.17) is 9.47 Å². The lowest BCUT2D eigenvalue weighted by molar-refractivity contribution is -0.133. The van der Waals surface area contributed by atoms with Gasteiger partial charge >= 0.3 is 0 Å². The maximum Gasteiger partial charge on any atom is 0.255 e. The number of ether oxygens (including phenoxy) is 2. The molecule has 3 aliphatic heterocycles. The van der Waals surface area contributed by atoms with Gasteiger partial charge < -0.3 is 30.3 Å². The SMILES string of the molecule is O=C1N[C@H]2C[C@@H](C(=O)NC[C@H]3O[C@H](CCOc4ccccc41)CC[C@@H]3O)N(Cc1ccccc1O)C2. The Balaban J connectivity index is 1.40. The van der Waals surface area contributed by atoms with Crippen molar-refractivity contribution < 1.29 is 29.3 Å². The van der Waals surface area contributed by atoms with Crippen LogP contribution in [0.25, 0.3) is 0 Å². The molecule has 0 radical (unpaired) electrons. The lowest BCUT2D eigenvalue weighted by atomic mass is 9.99. The van der Waals surface area contributed by atoms with Crippen molar-refractivity contribution in [3.05, 3.63) is 59.7 Å². The molecule has 3 aliphatic rings. The molecule has 192 valence electrons. The second-order valence-electron chi connectivity index (χ2n) is 9.80. The van der Waals surface area contributed by atoms with E-state index in [0.717, 1.165) is 0 Å². The van der Waals surface area contributed by atoms with E-state index in [1.165, 1.54) is 0 Å². The third-order valence-electron chi connectivity index (χ3n) is 7.29. The Morgan fingerprint density at radius 3 is 2.69 bits per heavy atom. The summed E-state index contributed by atoms with van der Waals surface area (Å²) in [6.45, 7) is 1.40. The van der Waals surface area contributed by atoms with Crippen LogP contribution in [0.3, 0.4) is 0 Å². The van der Waals surface area contributed by atoms with Crippen LogP contribution in [0.4, 0.5) is 0 Å². The Bertz CT molecular complexity index is 1090. The van der Waals surface area contributed by atoms with Crippen LogP contribution in [0.1, 0.15) is 41.6 Å². The number of phenols is 1. The van der Waals surface area contributed by atoms with Gasteiger partial charge in [-0.2, -0.15) is 0 Å². The number of nitrogens with zero attached hydrogens (tertiary/aromatic N) is 1. The molecule has 2 saturated heterocycles. The van der Waals surface area contributed by atoms with Gasteiger partial charge in [-0.3, -0.25) is 14.5 Å². The van der Waals surface area contributed by atoms with Crippen molar-refractivity contribution in [1.29, 1.82) is 0 Å². The van der Waals surface area contributed by atoms with Crippen LogP contribution < -0.4 is 15.4 Å². The number of carbonyl (C=O) groups is 2. The third kappa shape index (κ3) is 5.48. The number of hydrogen-bond donors (Lipinski definition) is 4. The Morgan fingerprint density at radius 1 is 1.03 bits per heavy atom. The number of benzene rings is 2. The molecule has 4 N–H and O–H groups in total. The van der Waals surface area contributed by atoms with Crippen molar-refractivity contribution in [1.82, 2.24) is 15.5 Å². The predicted molar refractivity (Wildman–Crippen MR) is 132 cm³/mol. The minimum absolute atomic E-state index is 0.0994. The van der Waals surface area contributed by atoms with Crippen LogP contribution in [0.5, 0.6) is 11.5 Å². The first kappa shape index (κ1) is 24.5. The molecule has 0 aliphatic carbocycles. The van der Waals surface area contributed by atoms with E-state index in [9.17, 15) is 19.8 Å². The molecule has 5 atom stereocenters. The van der Waals surface area contributed by atoms with E-state index in [1.54, 1.807) is 30.3 Å². The average Bonchev–Trinajstić information content (AvgIpc) is 3.27. The van der Waals surface area contributed by atoms with Crippen molar-refractivity contribution >= 4 is 11.8 Å². The zero-order chi connectivity index (χ0) is 25.1. The first-order chi connectivity index (χ1) is 17.5. The molecular formula is C27H33N3O6. The molecule has 2 aromatic rings. The largest absolute Gasteiger partial charge is 0.508 e. The number of hydrogen-bond acceptors (Lipinski definition) is 7. The number of aliphatic hydroxyl groups excluding tert-OH is 1. The van der Waals surface area contributed by atoms with Gasteiger partial charge in [0, 0.05) is 37.7 Å². The van der Waals surface area contributed by atoms with E-state index < -0.39 is 18.2 Å². The molecular weight excluding hydrogens is 462 g/mol. The smallest absolute Gasteiger partial charge is 0.255 e. The van der Waals surface area contributed by atoms with Crippen LogP contribution in [0, 0.1) is 0 Å². The number of carbonyl (C=O) groups excluding carboxylic acids is 2. The van der Waals surface area contributed by atoms with Crippen LogP contribution in [0.2, 0.25) is 0 Å². The fraction of sp³-hybridized carbons (Fsp3) is 0.481. The number of fused-ring (bicyclic) bond motifs is 5. The van der Waals surface area contributed by atoms with Crippen molar-refractivity contribution in [2.45, 2.75) is 62.6 Å². The van der Waals surface area contributed by atoms with Gasteiger partial charge in [0.05, 0.1) is 30.4 Å². The maximum absolute atomic E-state index is 13.3. The summed E-state index contributed by atoms with van der Waals surface area (Å²) in [6.07, 6.45) is 1.10. The summed E-state index contributed by atoms with van der Waals surface area (Å²) >= 11 is 0. The number of rotatable bonds is 2. The zero-order valence-corrected chi connectivity index (χ0v) is 20.1. The third-order valence-corrected chi connectivity index (χ3v) is 7.29. The molecule has 4 bridgehead atoms. The van der Waals surface area contributed by atoms with E-state index in [0.29, 0.717) is 62.3 Å². The summed E-state index contributed by atoms with van der Waals surface area (Å²) in [6, 6.07) is 13.4. The Morgan fingerprint density at radius 2 is 1.83 bits per heavy atom. The number of likely N-dealkylation sites (tertiary alicyclic amines) is 1. The first-order valence-electron chi connectivity index (χ1n) is 12.6. The minimum Gasteiger partial charge on any atom is -0.508 e. The molecule has 2 fully saturated rings. The lowest BCUT2D eigenvalue weighted by Crippen LogP contribution is -2.50. The number of aliphatic hydroxyl groups is 1. The lowest BCUT2D eigenvalue weighted by Gasteiger charge is -2.34. The number of phenolic OH excluding ortho intramolecular Hbond substituents is 1. The fourth-order valence-electron chi connectivity index (χ4n) is 5.33. The number of aromatic hydroxyl groups is 1. The number of amides is 2. The molecule has 0 saturated carbocycles. The highest BCUT2D eigenvalue weighted by atomic mass is 16.5. The Kier molecular flexibility index (Phi) is 7.41. The molecule has 0 spiro atoms. The molecule has 2 aromatic carbocycles. The average molecular weight is 496 g/mol. The summed E-state index contributed by atoms with van der Waals surface area (Å²) in [4.78, 5) is 28.5. The molecule has 0 unspecified atom stereocenters. The van der Waals surface area contributed by atoms with Crippen molar-refractivity contribution in [3.8, 4) is 11.5 Å². The van der Waals surface area contributed by atoms with E-state index in [1.807, 2.05) is 23.1 Å². The molecule has 5 rings (SSSR count). The molecule has 36 heavy (non-hydrogen) atoms. The number of para-hydroxylation sites is 2. The van der Waals surface area contributed by atoms with Gasteiger partial charge in [-0.15, -0.1) is 0 Å². The van der Waals surface area contributed by atoms with E-state index in [-0.39, 0.29) is 36.3 Å². The molecule has 9 heteroatoms. The van der Waals surface area contributed by atoms with Crippen molar-refractivity contribution in [2.75, 3.05) is 19.7 Å². The van der Waals surface area contributed by atoms with Crippen LogP contribution in [-0.2, 0) is 16.1 Å². The van der Waals surface area contributed by atoms with Crippen LogP contribution in [0.15, 0.2) is 48.5 Å². The normalized spacial score (nSPS) is 29.5. The quantitative estimate of drug-likeness (QED) is 0.499. The highest BCUT2D eigenvalue weighted by Crippen LogP contribution is 2.27. The fourth-order valence-corrected chi connectivity index (χ4v) is 5.33. The number of nitrogens with one attached hydrogen (secondary N) is 2. The molecule has 9 nitrogen and oxygen atoms in total. The van der Waals surface area contributed by atoms with Gasteiger partial charge in [-0.25, -0.2) is 0 Å². The summed E-state index contributed by atoms with van der Waals surface area (Å²) in [5.41, 5.74) is 1.16. The molecule has 3 heterocycles. The summed E-state index contributed by atoms with van der Waals surface area (Å²) in [5, 5.41) is 26.8. The maximum atomic E-state index is 13.3. The predicted octanol–water partition coefficient (Wildman–Crippen LogP) is 1.57. The summed E-state index contributed by atoms with van der Waals surface area (Å²) in [5.74, 6) is 0.241. The standard InChI is InChI=1S/C27H33N3O6/c31-22-7-3-1-5-17(22)15-30-16-18-13-21(30)27(34)28-14-25-23(32)10-9-19(36-25)11-12-35-24-8-4-2-6-20(24)26(33)29-18/h1-8,18-19,21,23,25,31-32H,9-16H2,(H,28,34)(H,29,33)/t18-,19-,21-,23-,25+/m0/s1. The summed E-state index contributed by atoms with van der Waals surface area (Å²) in [7, 11) is 0. The van der Waals surface area contributed by atoms with Gasteiger partial charge in [-0.05, 0) is 37.5 Å². The first-order valence-corrected chi connectivity index (χ1v) is 12.6. The van der Waals surface area contributed by atoms with E-state index >= 15 is 0 Å². The van der Waals surface area contributed by atoms with Crippen LogP contribution >= 0.6 is 0 Å². The Hall–Kier alpha value is -3.14. The second kappa shape index (κ2) is 10.9. The van der Waals surface area contributed by atoms with Gasteiger partial charge in [0.2, 0.25) is 5.91 Å². The monoisotopic (exact) mass is 495 g/mol.